The van der Waals surface area contributed by atoms with Gasteiger partial charge < -0.3 is 15.0 Å². The van der Waals surface area contributed by atoms with Crippen LogP contribution in [0.1, 0.15) is 25.8 Å². The largest absolute Gasteiger partial charge is 0.387 e. The molecule has 1 aromatic heterocycles. The van der Waals surface area contributed by atoms with E-state index >= 15 is 0 Å². The molecule has 1 unspecified atom stereocenters. The number of nitrogens with one attached hydrogen (secondary N) is 1. The van der Waals surface area contributed by atoms with E-state index in [1.807, 2.05) is 6.26 Å². The van der Waals surface area contributed by atoms with E-state index in [4.69, 9.17) is 0 Å². The van der Waals surface area contributed by atoms with Gasteiger partial charge in [-0.3, -0.25) is 4.79 Å². The topological polar surface area (TPSA) is 67.2 Å². The molecule has 1 atom stereocenters. The third-order valence-electron chi connectivity index (χ3n) is 2.90. The van der Waals surface area contributed by atoms with Gasteiger partial charge in [-0.1, -0.05) is 0 Å². The maximum absolute atomic E-state index is 12.1. The number of hydrogen-bond acceptors (Lipinski definition) is 5. The summed E-state index contributed by atoms with van der Waals surface area (Å²) in [5, 5.41) is 13.0. The quantitative estimate of drug-likeness (QED) is 0.809. The minimum Gasteiger partial charge on any atom is -0.387 e. The summed E-state index contributed by atoms with van der Waals surface area (Å²) in [6.45, 7) is 2.07. The van der Waals surface area contributed by atoms with E-state index in [0.717, 1.165) is 12.8 Å². The van der Waals surface area contributed by atoms with Crippen molar-refractivity contribution in [3.8, 4) is 0 Å². The number of nitrogens with zero attached hydrogens (tertiary/aromatic N) is 2. The smallest absolute Gasteiger partial charge is 0.293 e. The Morgan fingerprint density at radius 2 is 2.39 bits per heavy atom. The molecule has 1 saturated carbocycles. The lowest BCUT2D eigenvalue weighted by Gasteiger charge is -2.22. The third-order valence-corrected chi connectivity index (χ3v) is 3.81. The lowest BCUT2D eigenvalue weighted by atomic mass is 10.1. The van der Waals surface area contributed by atoms with Gasteiger partial charge in [-0.15, -0.1) is 0 Å². The lowest BCUT2D eigenvalue weighted by molar-refractivity contribution is 0.0996. The SMILES string of the molecule is CSCC(C)(O)CNc1nccn(C2CC2)c1=O. The zero-order valence-corrected chi connectivity index (χ0v) is 11.5. The van der Waals surface area contributed by atoms with E-state index in [0.29, 0.717) is 24.2 Å². The molecule has 0 bridgehead atoms. The van der Waals surface area contributed by atoms with Crippen LogP contribution in [0.15, 0.2) is 17.2 Å². The Hall–Kier alpha value is -1.01. The van der Waals surface area contributed by atoms with Gasteiger partial charge in [-0.2, -0.15) is 11.8 Å². The maximum Gasteiger partial charge on any atom is 0.293 e. The molecule has 0 radical (unpaired) electrons. The fraction of sp³-hybridized carbons (Fsp3) is 0.667. The molecule has 1 heterocycles. The second-order valence-corrected chi connectivity index (χ2v) is 5.87. The molecule has 100 valence electrons. The van der Waals surface area contributed by atoms with Crippen molar-refractivity contribution < 1.29 is 5.11 Å². The Kier molecular flexibility index (Phi) is 3.97. The van der Waals surface area contributed by atoms with Crippen LogP contribution in [0.5, 0.6) is 0 Å². The van der Waals surface area contributed by atoms with E-state index in [-0.39, 0.29) is 5.56 Å². The van der Waals surface area contributed by atoms with Crippen LogP contribution in [-0.4, -0.2) is 38.8 Å². The maximum atomic E-state index is 12.1. The fourth-order valence-electron chi connectivity index (χ4n) is 1.82. The van der Waals surface area contributed by atoms with Crippen LogP contribution in [-0.2, 0) is 0 Å². The van der Waals surface area contributed by atoms with Crippen LogP contribution in [0.3, 0.4) is 0 Å². The molecule has 0 spiro atoms. The number of aromatic nitrogens is 2. The number of rotatable bonds is 6. The summed E-state index contributed by atoms with van der Waals surface area (Å²) in [6.07, 6.45) is 7.42. The van der Waals surface area contributed by atoms with Crippen LogP contribution in [0.2, 0.25) is 0 Å². The van der Waals surface area contributed by atoms with Crippen LogP contribution < -0.4 is 10.9 Å². The highest BCUT2D eigenvalue weighted by molar-refractivity contribution is 7.98. The van der Waals surface area contributed by atoms with E-state index < -0.39 is 5.60 Å². The Balaban J connectivity index is 2.05. The second-order valence-electron chi connectivity index (χ2n) is 5.00. The van der Waals surface area contributed by atoms with Gasteiger partial charge in [0.05, 0.1) is 5.60 Å². The predicted octanol–water partition coefficient (Wildman–Crippen LogP) is 1.10. The average Bonchev–Trinajstić information content (AvgIpc) is 3.12. The molecule has 1 aliphatic rings. The summed E-state index contributed by atoms with van der Waals surface area (Å²) in [5.74, 6) is 0.940. The number of thioether (sulfide) groups is 1. The van der Waals surface area contributed by atoms with Gasteiger partial charge >= 0.3 is 0 Å². The first kappa shape index (κ1) is 13.4. The van der Waals surface area contributed by atoms with Gasteiger partial charge in [0.15, 0.2) is 5.82 Å². The van der Waals surface area contributed by atoms with Crippen molar-refractivity contribution >= 4 is 17.6 Å². The first-order chi connectivity index (χ1) is 8.53. The van der Waals surface area contributed by atoms with Crippen molar-refractivity contribution in [1.82, 2.24) is 9.55 Å². The normalized spacial score (nSPS) is 18.4. The van der Waals surface area contributed by atoms with E-state index in [1.54, 1.807) is 35.6 Å². The predicted molar refractivity (Wildman–Crippen MR) is 74.3 cm³/mol. The molecule has 0 aliphatic heterocycles. The molecule has 0 saturated heterocycles. The molecule has 18 heavy (non-hydrogen) atoms. The molecular weight excluding hydrogens is 250 g/mol. The van der Waals surface area contributed by atoms with Crippen LogP contribution in [0.4, 0.5) is 5.82 Å². The Bertz CT molecular complexity index is 469. The standard InChI is InChI=1S/C12H19N3O2S/c1-12(17,8-18-2)7-14-10-11(16)15(6-5-13-10)9-3-4-9/h5-6,9,17H,3-4,7-8H2,1-2H3,(H,13,14). The summed E-state index contributed by atoms with van der Waals surface area (Å²) >= 11 is 1.57. The Labute approximate surface area is 111 Å². The minimum absolute atomic E-state index is 0.0973. The van der Waals surface area contributed by atoms with Gasteiger partial charge in [0.25, 0.3) is 5.56 Å². The molecule has 2 rings (SSSR count). The van der Waals surface area contributed by atoms with Crippen molar-refractivity contribution in [1.29, 1.82) is 0 Å². The molecule has 1 aromatic rings. The molecule has 2 N–H and O–H groups in total. The van der Waals surface area contributed by atoms with Gasteiger partial charge in [0.2, 0.25) is 0 Å². The zero-order valence-electron chi connectivity index (χ0n) is 10.7. The Morgan fingerprint density at radius 3 is 3.00 bits per heavy atom. The van der Waals surface area contributed by atoms with Gasteiger partial charge in [-0.25, -0.2) is 4.98 Å². The van der Waals surface area contributed by atoms with Crippen molar-refractivity contribution in [3.05, 3.63) is 22.7 Å². The molecule has 1 fully saturated rings. The van der Waals surface area contributed by atoms with Gasteiger partial charge in [0, 0.05) is 30.7 Å². The number of aliphatic hydroxyl groups is 1. The minimum atomic E-state index is -0.839. The highest BCUT2D eigenvalue weighted by Gasteiger charge is 2.26. The molecule has 0 aromatic carbocycles. The molecule has 0 amide bonds. The highest BCUT2D eigenvalue weighted by Crippen LogP contribution is 2.33. The van der Waals surface area contributed by atoms with Crippen molar-refractivity contribution in [2.24, 2.45) is 0 Å². The van der Waals surface area contributed by atoms with Gasteiger partial charge in [-0.05, 0) is 26.0 Å². The van der Waals surface area contributed by atoms with E-state index in [2.05, 4.69) is 10.3 Å². The summed E-state index contributed by atoms with van der Waals surface area (Å²) in [4.78, 5) is 16.1. The summed E-state index contributed by atoms with van der Waals surface area (Å²) < 4.78 is 1.72. The second kappa shape index (κ2) is 5.32. The third kappa shape index (κ3) is 3.26. The Morgan fingerprint density at radius 1 is 1.67 bits per heavy atom. The van der Waals surface area contributed by atoms with Crippen molar-refractivity contribution in [2.45, 2.75) is 31.4 Å². The van der Waals surface area contributed by atoms with Gasteiger partial charge in [0.1, 0.15) is 0 Å². The zero-order chi connectivity index (χ0) is 13.2. The first-order valence-electron chi connectivity index (χ1n) is 6.06. The molecule has 1 aliphatic carbocycles. The monoisotopic (exact) mass is 269 g/mol. The summed E-state index contributed by atoms with van der Waals surface area (Å²) in [6, 6.07) is 0.341. The summed E-state index contributed by atoms with van der Waals surface area (Å²) in [5.41, 5.74) is -0.937. The fourth-order valence-corrected chi connectivity index (χ4v) is 2.55. The van der Waals surface area contributed by atoms with Crippen LogP contribution in [0.25, 0.3) is 0 Å². The first-order valence-corrected chi connectivity index (χ1v) is 7.45. The van der Waals surface area contributed by atoms with Crippen LogP contribution in [0, 0.1) is 0 Å². The summed E-state index contributed by atoms with van der Waals surface area (Å²) in [7, 11) is 0. The van der Waals surface area contributed by atoms with Crippen molar-refractivity contribution in [3.63, 3.8) is 0 Å². The number of anilines is 1. The lowest BCUT2D eigenvalue weighted by Crippen LogP contribution is -2.38. The molecule has 6 heteroatoms. The molecular formula is C12H19N3O2S. The van der Waals surface area contributed by atoms with Crippen molar-refractivity contribution in [2.75, 3.05) is 23.9 Å². The average molecular weight is 269 g/mol. The molecule has 5 nitrogen and oxygen atoms in total. The van der Waals surface area contributed by atoms with Crippen LogP contribution >= 0.6 is 11.8 Å². The van der Waals surface area contributed by atoms with E-state index in [1.165, 1.54) is 0 Å². The van der Waals surface area contributed by atoms with E-state index in [9.17, 15) is 9.90 Å². The highest BCUT2D eigenvalue weighted by atomic mass is 32.2. The number of hydrogen-bond donors (Lipinski definition) is 2.